The summed E-state index contributed by atoms with van der Waals surface area (Å²) in [6, 6.07) is 5.21. The number of nitrogens with zero attached hydrogens (tertiary/aromatic N) is 2. The number of benzene rings is 1. The first kappa shape index (κ1) is 15.2. The fourth-order valence-electron chi connectivity index (χ4n) is 1.85. The van der Waals surface area contributed by atoms with Crippen molar-refractivity contribution >= 4 is 22.8 Å². The first-order valence-electron chi connectivity index (χ1n) is 6.94. The first-order valence-corrected chi connectivity index (χ1v) is 6.94. The van der Waals surface area contributed by atoms with E-state index in [2.05, 4.69) is 20.6 Å². The van der Waals surface area contributed by atoms with Crippen molar-refractivity contribution in [1.82, 2.24) is 15.3 Å². The van der Waals surface area contributed by atoms with Gasteiger partial charge in [-0.1, -0.05) is 6.07 Å². The largest absolute Gasteiger partial charge is 0.394 e. The van der Waals surface area contributed by atoms with Crippen molar-refractivity contribution < 1.29 is 9.90 Å². The van der Waals surface area contributed by atoms with Crippen molar-refractivity contribution in [1.29, 1.82) is 0 Å². The van der Waals surface area contributed by atoms with Crippen LogP contribution in [0.3, 0.4) is 0 Å². The van der Waals surface area contributed by atoms with Crippen molar-refractivity contribution in [3.8, 4) is 0 Å². The van der Waals surface area contributed by atoms with Gasteiger partial charge < -0.3 is 15.7 Å². The Morgan fingerprint density at radius 1 is 1.33 bits per heavy atom. The fraction of sp³-hybridized carbons (Fsp3) is 0.400. The van der Waals surface area contributed by atoms with Crippen LogP contribution in [0.4, 0.5) is 5.95 Å². The molecule has 1 atom stereocenters. The maximum Gasteiger partial charge on any atom is 0.251 e. The zero-order valence-electron chi connectivity index (χ0n) is 12.4. The number of fused-ring (bicyclic) bond motifs is 1. The molecule has 1 aromatic heterocycles. The summed E-state index contributed by atoms with van der Waals surface area (Å²) in [6.45, 7) is 5.66. The molecule has 1 aromatic carbocycles. The van der Waals surface area contributed by atoms with E-state index in [1.807, 2.05) is 19.9 Å². The summed E-state index contributed by atoms with van der Waals surface area (Å²) in [5.74, 6) is 0.314. The Morgan fingerprint density at radius 3 is 2.76 bits per heavy atom. The lowest BCUT2D eigenvalue weighted by molar-refractivity contribution is 0.0922. The van der Waals surface area contributed by atoms with Gasteiger partial charge in [-0.3, -0.25) is 4.79 Å². The molecule has 6 heteroatoms. The zero-order valence-corrected chi connectivity index (χ0v) is 12.4. The highest BCUT2D eigenvalue weighted by atomic mass is 16.3. The second-order valence-electron chi connectivity index (χ2n) is 5.32. The average Bonchev–Trinajstić information content (AvgIpc) is 2.45. The summed E-state index contributed by atoms with van der Waals surface area (Å²) < 4.78 is 0. The second kappa shape index (κ2) is 6.49. The molecule has 0 fully saturated rings. The first-order chi connectivity index (χ1) is 9.99. The molecule has 1 heterocycles. The zero-order chi connectivity index (χ0) is 15.4. The number of aliphatic hydroxyl groups excluding tert-OH is 1. The number of aliphatic hydroxyl groups is 1. The maximum atomic E-state index is 12.0. The molecule has 0 unspecified atom stereocenters. The molecule has 0 aliphatic heterocycles. The van der Waals surface area contributed by atoms with Crippen LogP contribution < -0.4 is 10.6 Å². The number of rotatable bonds is 5. The standard InChI is InChI=1S/C15H20N4O2/c1-9(2)17-15-16-7-12-5-4-11(6-13(12)19-15)14(21)18-10(3)8-20/h4-7,9-10,20H,8H2,1-3H3,(H,18,21)(H,16,17,19)/t10-/m0/s1. The Hall–Kier alpha value is -2.21. The summed E-state index contributed by atoms with van der Waals surface area (Å²) in [5, 5.41) is 15.7. The van der Waals surface area contributed by atoms with Crippen LogP contribution in [0.2, 0.25) is 0 Å². The molecule has 0 spiro atoms. The molecule has 6 nitrogen and oxygen atoms in total. The molecule has 21 heavy (non-hydrogen) atoms. The summed E-state index contributed by atoms with van der Waals surface area (Å²) in [5.41, 5.74) is 1.22. The topological polar surface area (TPSA) is 87.1 Å². The van der Waals surface area contributed by atoms with Crippen molar-refractivity contribution in [3.05, 3.63) is 30.0 Å². The quantitative estimate of drug-likeness (QED) is 0.777. The van der Waals surface area contributed by atoms with Gasteiger partial charge >= 0.3 is 0 Å². The third kappa shape index (κ3) is 3.88. The van der Waals surface area contributed by atoms with E-state index in [0.29, 0.717) is 17.0 Å². The van der Waals surface area contributed by atoms with Crippen LogP contribution >= 0.6 is 0 Å². The molecule has 1 amide bonds. The van der Waals surface area contributed by atoms with Crippen LogP contribution in [0.1, 0.15) is 31.1 Å². The van der Waals surface area contributed by atoms with E-state index in [1.165, 1.54) is 0 Å². The van der Waals surface area contributed by atoms with Crippen molar-refractivity contribution in [2.75, 3.05) is 11.9 Å². The fourth-order valence-corrected chi connectivity index (χ4v) is 1.85. The number of anilines is 1. The van der Waals surface area contributed by atoms with Gasteiger partial charge in [-0.2, -0.15) is 0 Å². The monoisotopic (exact) mass is 288 g/mol. The minimum absolute atomic E-state index is 0.0933. The molecule has 0 aliphatic rings. The summed E-state index contributed by atoms with van der Waals surface area (Å²) in [4.78, 5) is 20.7. The summed E-state index contributed by atoms with van der Waals surface area (Å²) in [6.07, 6.45) is 1.73. The molecule has 0 bridgehead atoms. The summed E-state index contributed by atoms with van der Waals surface area (Å²) >= 11 is 0. The third-order valence-corrected chi connectivity index (χ3v) is 2.91. The van der Waals surface area contributed by atoms with Gasteiger partial charge in [-0.05, 0) is 32.9 Å². The van der Waals surface area contributed by atoms with E-state index >= 15 is 0 Å². The number of carbonyl (C=O) groups is 1. The Balaban J connectivity index is 2.28. The van der Waals surface area contributed by atoms with Gasteiger partial charge in [0.05, 0.1) is 12.1 Å². The van der Waals surface area contributed by atoms with E-state index in [9.17, 15) is 4.79 Å². The van der Waals surface area contributed by atoms with Crippen molar-refractivity contribution in [3.63, 3.8) is 0 Å². The van der Waals surface area contributed by atoms with Gasteiger partial charge in [0, 0.05) is 29.2 Å². The van der Waals surface area contributed by atoms with Gasteiger partial charge in [-0.15, -0.1) is 0 Å². The van der Waals surface area contributed by atoms with Crippen LogP contribution in [-0.4, -0.2) is 39.7 Å². The molecule has 0 aliphatic carbocycles. The average molecular weight is 288 g/mol. The maximum absolute atomic E-state index is 12.0. The van der Waals surface area contributed by atoms with Crippen molar-refractivity contribution in [2.45, 2.75) is 32.9 Å². The van der Waals surface area contributed by atoms with E-state index in [-0.39, 0.29) is 24.6 Å². The van der Waals surface area contributed by atoms with Gasteiger partial charge in [0.15, 0.2) is 0 Å². The number of amides is 1. The van der Waals surface area contributed by atoms with E-state index < -0.39 is 0 Å². The molecule has 2 rings (SSSR count). The molecule has 0 saturated heterocycles. The number of aromatic nitrogens is 2. The molecular formula is C15H20N4O2. The smallest absolute Gasteiger partial charge is 0.251 e. The van der Waals surface area contributed by atoms with Gasteiger partial charge in [0.2, 0.25) is 5.95 Å². The summed E-state index contributed by atoms with van der Waals surface area (Å²) in [7, 11) is 0. The van der Waals surface area contributed by atoms with Crippen LogP contribution in [0.5, 0.6) is 0 Å². The number of nitrogens with one attached hydrogen (secondary N) is 2. The van der Waals surface area contributed by atoms with Gasteiger partial charge in [-0.25, -0.2) is 9.97 Å². The lowest BCUT2D eigenvalue weighted by Gasteiger charge is -2.11. The highest BCUT2D eigenvalue weighted by molar-refractivity contribution is 5.97. The predicted molar refractivity (Wildman–Crippen MR) is 82.3 cm³/mol. The minimum Gasteiger partial charge on any atom is -0.394 e. The lowest BCUT2D eigenvalue weighted by Crippen LogP contribution is -2.34. The van der Waals surface area contributed by atoms with Gasteiger partial charge in [0.1, 0.15) is 0 Å². The minimum atomic E-state index is -0.281. The SMILES string of the molecule is CC(C)Nc1ncc2ccc(C(=O)N[C@@H](C)CO)cc2n1. The Morgan fingerprint density at radius 2 is 2.10 bits per heavy atom. The van der Waals surface area contributed by atoms with E-state index in [1.54, 1.807) is 25.3 Å². The molecular weight excluding hydrogens is 268 g/mol. The molecule has 0 saturated carbocycles. The van der Waals surface area contributed by atoms with E-state index in [0.717, 1.165) is 5.39 Å². The normalized spacial score (nSPS) is 12.4. The molecule has 3 N–H and O–H groups in total. The highest BCUT2D eigenvalue weighted by Gasteiger charge is 2.10. The Bertz CT molecular complexity index is 643. The molecule has 0 radical (unpaired) electrons. The number of carbonyl (C=O) groups excluding carboxylic acids is 1. The van der Waals surface area contributed by atoms with Crippen LogP contribution in [0.15, 0.2) is 24.4 Å². The van der Waals surface area contributed by atoms with Crippen LogP contribution in [-0.2, 0) is 0 Å². The van der Waals surface area contributed by atoms with E-state index in [4.69, 9.17) is 5.11 Å². The second-order valence-corrected chi connectivity index (χ2v) is 5.32. The Kier molecular flexibility index (Phi) is 4.70. The highest BCUT2D eigenvalue weighted by Crippen LogP contribution is 2.15. The molecule has 2 aromatic rings. The third-order valence-electron chi connectivity index (χ3n) is 2.91. The Labute approximate surface area is 123 Å². The number of hydrogen-bond acceptors (Lipinski definition) is 5. The lowest BCUT2D eigenvalue weighted by atomic mass is 10.1. The van der Waals surface area contributed by atoms with Crippen LogP contribution in [0.25, 0.3) is 10.9 Å². The van der Waals surface area contributed by atoms with Crippen molar-refractivity contribution in [2.24, 2.45) is 0 Å². The molecule has 112 valence electrons. The van der Waals surface area contributed by atoms with Gasteiger partial charge in [0.25, 0.3) is 5.91 Å². The predicted octanol–water partition coefficient (Wildman–Crippen LogP) is 1.56. The van der Waals surface area contributed by atoms with Crippen LogP contribution in [0, 0.1) is 0 Å². The number of hydrogen-bond donors (Lipinski definition) is 3.